The van der Waals surface area contributed by atoms with Gasteiger partial charge in [-0.1, -0.05) is 6.07 Å². The summed E-state index contributed by atoms with van der Waals surface area (Å²) in [4.78, 5) is 28.4. The highest BCUT2D eigenvalue weighted by Gasteiger charge is 2.38. The minimum Gasteiger partial charge on any atom is -0.391 e. The Hall–Kier alpha value is -2.34. The number of rotatable bonds is 2. The van der Waals surface area contributed by atoms with E-state index in [0.29, 0.717) is 5.56 Å². The fourth-order valence-electron chi connectivity index (χ4n) is 2.73. The molecule has 1 aliphatic heterocycles. The third kappa shape index (κ3) is 1.94. The monoisotopic (exact) mass is 273 g/mol. The van der Waals surface area contributed by atoms with E-state index in [-0.39, 0.29) is 18.9 Å². The molecular formula is C14H15N3O3. The van der Waals surface area contributed by atoms with Crippen LogP contribution in [0.2, 0.25) is 0 Å². The maximum Gasteiger partial charge on any atom is 0.255 e. The molecule has 2 amide bonds. The number of hydrogen-bond donors (Lipinski definition) is 3. The molecular weight excluding hydrogens is 258 g/mol. The number of aromatic amines is 1. The topological polar surface area (TPSA) is 99.4 Å². The second-order valence-corrected chi connectivity index (χ2v) is 5.01. The van der Waals surface area contributed by atoms with Gasteiger partial charge in [-0.15, -0.1) is 0 Å². The van der Waals surface area contributed by atoms with Crippen molar-refractivity contribution >= 4 is 22.7 Å². The van der Waals surface area contributed by atoms with E-state index in [4.69, 9.17) is 5.73 Å². The average molecular weight is 273 g/mol. The highest BCUT2D eigenvalue weighted by Crippen LogP contribution is 2.24. The number of aromatic nitrogens is 1. The molecule has 1 saturated heterocycles. The van der Waals surface area contributed by atoms with Crippen molar-refractivity contribution in [2.45, 2.75) is 18.6 Å². The number of nitrogens with zero attached hydrogens (tertiary/aromatic N) is 1. The van der Waals surface area contributed by atoms with Crippen molar-refractivity contribution in [1.82, 2.24) is 9.88 Å². The van der Waals surface area contributed by atoms with Crippen LogP contribution in [0.25, 0.3) is 10.9 Å². The third-order valence-corrected chi connectivity index (χ3v) is 3.69. The molecule has 3 rings (SSSR count). The maximum absolute atomic E-state index is 12.6. The molecule has 2 heterocycles. The van der Waals surface area contributed by atoms with Crippen molar-refractivity contribution in [2.24, 2.45) is 5.73 Å². The van der Waals surface area contributed by atoms with Crippen LogP contribution in [0.3, 0.4) is 0 Å². The summed E-state index contributed by atoms with van der Waals surface area (Å²) in [6, 6.07) is 6.43. The fraction of sp³-hybridized carbons (Fsp3) is 0.286. The summed E-state index contributed by atoms with van der Waals surface area (Å²) in [6.07, 6.45) is 1.25. The van der Waals surface area contributed by atoms with Crippen LogP contribution in [0.15, 0.2) is 30.5 Å². The third-order valence-electron chi connectivity index (χ3n) is 3.69. The fourth-order valence-corrected chi connectivity index (χ4v) is 2.73. The van der Waals surface area contributed by atoms with E-state index in [2.05, 4.69) is 4.98 Å². The second-order valence-electron chi connectivity index (χ2n) is 5.01. The number of carbonyl (C=O) groups excluding carboxylic acids is 2. The lowest BCUT2D eigenvalue weighted by atomic mass is 10.1. The van der Waals surface area contributed by atoms with E-state index in [1.54, 1.807) is 18.3 Å². The van der Waals surface area contributed by atoms with Gasteiger partial charge in [-0.3, -0.25) is 9.59 Å². The minimum absolute atomic E-state index is 0.132. The van der Waals surface area contributed by atoms with Crippen LogP contribution in [-0.4, -0.2) is 45.5 Å². The first-order chi connectivity index (χ1) is 9.58. The Kier molecular flexibility index (Phi) is 2.94. The first-order valence-electron chi connectivity index (χ1n) is 6.42. The number of benzene rings is 1. The summed E-state index contributed by atoms with van der Waals surface area (Å²) in [5.41, 5.74) is 6.67. The van der Waals surface area contributed by atoms with Crippen LogP contribution in [0.4, 0.5) is 0 Å². The largest absolute Gasteiger partial charge is 0.391 e. The lowest BCUT2D eigenvalue weighted by molar-refractivity contribution is -0.121. The lowest BCUT2D eigenvalue weighted by Gasteiger charge is -2.22. The molecule has 0 saturated carbocycles. The summed E-state index contributed by atoms with van der Waals surface area (Å²) in [6.45, 7) is 0.132. The number of likely N-dealkylation sites (tertiary alicyclic amines) is 1. The summed E-state index contributed by atoms with van der Waals surface area (Å²) < 4.78 is 0. The molecule has 2 atom stereocenters. The van der Waals surface area contributed by atoms with Gasteiger partial charge in [0.15, 0.2) is 0 Å². The zero-order chi connectivity index (χ0) is 14.3. The highest BCUT2D eigenvalue weighted by atomic mass is 16.3. The first-order valence-corrected chi connectivity index (χ1v) is 6.42. The molecule has 0 radical (unpaired) electrons. The zero-order valence-electron chi connectivity index (χ0n) is 10.7. The number of aliphatic hydroxyl groups excluding tert-OH is 1. The summed E-state index contributed by atoms with van der Waals surface area (Å²) in [5.74, 6) is -0.869. The van der Waals surface area contributed by atoms with E-state index < -0.39 is 18.1 Å². The number of β-amino-alcohol motifs (C(OH)–C–C–N with tert-alkyl or cyclic N) is 1. The number of hydrogen-bond acceptors (Lipinski definition) is 3. The van der Waals surface area contributed by atoms with Crippen molar-refractivity contribution in [3.8, 4) is 0 Å². The number of carbonyl (C=O) groups is 2. The molecule has 2 unspecified atom stereocenters. The number of nitrogens with two attached hydrogens (primary N) is 1. The Balaban J connectivity index is 2.00. The molecule has 6 heteroatoms. The van der Waals surface area contributed by atoms with Crippen LogP contribution in [0.1, 0.15) is 16.8 Å². The van der Waals surface area contributed by atoms with Crippen molar-refractivity contribution in [2.75, 3.05) is 6.54 Å². The molecule has 104 valence electrons. The van der Waals surface area contributed by atoms with Crippen molar-refractivity contribution in [3.05, 3.63) is 36.0 Å². The van der Waals surface area contributed by atoms with Crippen LogP contribution in [-0.2, 0) is 4.79 Å². The summed E-state index contributed by atoms with van der Waals surface area (Å²) >= 11 is 0. The minimum atomic E-state index is -0.744. The highest BCUT2D eigenvalue weighted by molar-refractivity contribution is 6.07. The van der Waals surface area contributed by atoms with Crippen LogP contribution < -0.4 is 5.73 Å². The van der Waals surface area contributed by atoms with Crippen molar-refractivity contribution in [1.29, 1.82) is 0 Å². The predicted octanol–water partition coefficient (Wildman–Crippen LogP) is 0.229. The Labute approximate surface area is 115 Å². The number of amides is 2. The Bertz CT molecular complexity index is 679. The van der Waals surface area contributed by atoms with E-state index in [1.807, 2.05) is 12.1 Å². The Morgan fingerprint density at radius 2 is 2.15 bits per heavy atom. The molecule has 1 aliphatic rings. The number of aliphatic hydroxyl groups is 1. The van der Waals surface area contributed by atoms with Gasteiger partial charge < -0.3 is 20.7 Å². The van der Waals surface area contributed by atoms with Gasteiger partial charge in [0.2, 0.25) is 5.91 Å². The van der Waals surface area contributed by atoms with E-state index >= 15 is 0 Å². The van der Waals surface area contributed by atoms with Gasteiger partial charge in [0.25, 0.3) is 5.91 Å². The summed E-state index contributed by atoms with van der Waals surface area (Å²) in [5, 5.41) is 10.5. The van der Waals surface area contributed by atoms with Crippen molar-refractivity contribution < 1.29 is 14.7 Å². The maximum atomic E-state index is 12.6. The van der Waals surface area contributed by atoms with E-state index in [9.17, 15) is 14.7 Å². The van der Waals surface area contributed by atoms with Gasteiger partial charge in [-0.25, -0.2) is 0 Å². The van der Waals surface area contributed by atoms with E-state index in [0.717, 1.165) is 10.9 Å². The Morgan fingerprint density at radius 1 is 1.35 bits per heavy atom. The normalized spacial score (nSPS) is 22.4. The van der Waals surface area contributed by atoms with Crippen LogP contribution in [0.5, 0.6) is 0 Å². The quantitative estimate of drug-likeness (QED) is 0.730. The van der Waals surface area contributed by atoms with Crippen LogP contribution in [0, 0.1) is 0 Å². The van der Waals surface area contributed by atoms with Gasteiger partial charge in [0, 0.05) is 35.6 Å². The smallest absolute Gasteiger partial charge is 0.255 e. The molecule has 0 aliphatic carbocycles. The molecule has 0 bridgehead atoms. The van der Waals surface area contributed by atoms with Crippen molar-refractivity contribution in [3.63, 3.8) is 0 Å². The van der Waals surface area contributed by atoms with Crippen LogP contribution >= 0.6 is 0 Å². The predicted molar refractivity (Wildman–Crippen MR) is 72.9 cm³/mol. The molecule has 20 heavy (non-hydrogen) atoms. The molecule has 0 spiro atoms. The second kappa shape index (κ2) is 4.64. The SMILES string of the molecule is NC(=O)C1CC(O)CN1C(=O)c1cccc2[nH]ccc12. The molecule has 1 aromatic carbocycles. The molecule has 4 N–H and O–H groups in total. The lowest BCUT2D eigenvalue weighted by Crippen LogP contribution is -2.43. The molecule has 1 fully saturated rings. The summed E-state index contributed by atoms with van der Waals surface area (Å²) in [7, 11) is 0. The number of fused-ring (bicyclic) bond motifs is 1. The molecule has 6 nitrogen and oxygen atoms in total. The molecule has 2 aromatic rings. The van der Waals surface area contributed by atoms with Gasteiger partial charge in [-0.05, 0) is 18.2 Å². The molecule has 1 aromatic heterocycles. The van der Waals surface area contributed by atoms with Gasteiger partial charge >= 0.3 is 0 Å². The van der Waals surface area contributed by atoms with Gasteiger partial charge in [0.05, 0.1) is 6.10 Å². The van der Waals surface area contributed by atoms with Gasteiger partial charge in [-0.2, -0.15) is 0 Å². The van der Waals surface area contributed by atoms with Gasteiger partial charge in [0.1, 0.15) is 6.04 Å². The first kappa shape index (κ1) is 12.7. The standard InChI is InChI=1S/C14H15N3O3/c15-13(19)12-6-8(18)7-17(12)14(20)10-2-1-3-11-9(10)4-5-16-11/h1-5,8,12,16,18H,6-7H2,(H2,15,19). The van der Waals surface area contributed by atoms with E-state index in [1.165, 1.54) is 4.90 Å². The zero-order valence-corrected chi connectivity index (χ0v) is 10.7. The number of H-pyrrole nitrogens is 1. The average Bonchev–Trinajstić information content (AvgIpc) is 3.03. The number of nitrogens with one attached hydrogen (secondary N) is 1. The number of primary amides is 1. The Morgan fingerprint density at radius 3 is 2.90 bits per heavy atom.